The molecule has 1 N–H and O–H groups in total. The summed E-state index contributed by atoms with van der Waals surface area (Å²) in [5, 5.41) is 9.55. The summed E-state index contributed by atoms with van der Waals surface area (Å²) in [5.41, 5.74) is 0. The Hall–Kier alpha value is -3.44. The first kappa shape index (κ1) is 46.6. The van der Waals surface area contributed by atoms with E-state index in [-0.39, 0.29) is 25.2 Å². The standard InChI is InChI=1S/C45H70O5/c1-3-5-7-9-11-13-15-17-19-21-22-24-26-28-30-32-34-36-38-40-45(48)50-43(41-46)42-49-44(47)39-37-35-33-31-29-27-25-23-20-18-16-14-12-10-8-6-4-2/h5-8,11-14,17-20,22,24-25,27-28,30,43,46H,3-4,9-10,15-16,21,23,26,29,31-42H2,1-2H3/b7-5-,8-6-,13-11-,14-12-,19-17-,20-18-,24-22-,27-25-,30-28-/t43-/m0/s1. The Labute approximate surface area is 306 Å². The summed E-state index contributed by atoms with van der Waals surface area (Å²) < 4.78 is 10.6. The molecule has 0 saturated heterocycles. The predicted octanol–water partition coefficient (Wildman–Crippen LogP) is 12.3. The SMILES string of the molecule is CC/C=C\C/C=C\C/C=C\C/C=C\C/C=C\CCCCCC(=O)O[C@@H](CO)COC(=O)CCCCCC/C=C\C/C=C\C/C=C\C/C=C\CC. The second-order valence-electron chi connectivity index (χ2n) is 12.2. The molecule has 5 heteroatoms. The molecule has 1 atom stereocenters. The molecule has 0 aromatic carbocycles. The highest BCUT2D eigenvalue weighted by molar-refractivity contribution is 5.70. The molecule has 0 aromatic rings. The monoisotopic (exact) mass is 691 g/mol. The Bertz CT molecular complexity index is 1050. The van der Waals surface area contributed by atoms with Crippen molar-refractivity contribution in [3.05, 3.63) is 109 Å². The van der Waals surface area contributed by atoms with Crippen LogP contribution < -0.4 is 0 Å². The van der Waals surface area contributed by atoms with Gasteiger partial charge < -0.3 is 14.6 Å². The third kappa shape index (κ3) is 37.4. The fourth-order valence-corrected chi connectivity index (χ4v) is 4.69. The zero-order chi connectivity index (χ0) is 36.4. The topological polar surface area (TPSA) is 72.8 Å². The molecule has 0 radical (unpaired) electrons. The van der Waals surface area contributed by atoms with Gasteiger partial charge in [-0.25, -0.2) is 0 Å². The van der Waals surface area contributed by atoms with E-state index in [1.807, 2.05) is 0 Å². The first-order valence-corrected chi connectivity index (χ1v) is 19.4. The van der Waals surface area contributed by atoms with Gasteiger partial charge in [0.1, 0.15) is 6.61 Å². The molecule has 0 saturated carbocycles. The molecule has 0 unspecified atom stereocenters. The van der Waals surface area contributed by atoms with Crippen molar-refractivity contribution < 1.29 is 24.2 Å². The lowest BCUT2D eigenvalue weighted by Crippen LogP contribution is -2.28. The van der Waals surface area contributed by atoms with Gasteiger partial charge in [0.05, 0.1) is 6.61 Å². The largest absolute Gasteiger partial charge is 0.462 e. The summed E-state index contributed by atoms with van der Waals surface area (Å²) in [6.07, 6.45) is 57.1. The van der Waals surface area contributed by atoms with Crippen LogP contribution in [0.25, 0.3) is 0 Å². The van der Waals surface area contributed by atoms with Gasteiger partial charge in [-0.1, -0.05) is 142 Å². The Balaban J connectivity index is 3.73. The van der Waals surface area contributed by atoms with E-state index < -0.39 is 6.10 Å². The number of allylic oxidation sites excluding steroid dienone is 18. The van der Waals surface area contributed by atoms with E-state index in [9.17, 15) is 14.7 Å². The normalized spacial score (nSPS) is 13.4. The number of hydrogen-bond acceptors (Lipinski definition) is 5. The van der Waals surface area contributed by atoms with Crippen LogP contribution >= 0.6 is 0 Å². The molecule has 0 spiro atoms. The minimum Gasteiger partial charge on any atom is -0.462 e. The van der Waals surface area contributed by atoms with Gasteiger partial charge in [-0.3, -0.25) is 9.59 Å². The van der Waals surface area contributed by atoms with Gasteiger partial charge in [0, 0.05) is 12.8 Å². The maximum Gasteiger partial charge on any atom is 0.306 e. The minimum absolute atomic E-state index is 0.100. The second kappa shape index (κ2) is 40.0. The summed E-state index contributed by atoms with van der Waals surface area (Å²) in [7, 11) is 0. The lowest BCUT2D eigenvalue weighted by Gasteiger charge is -2.15. The van der Waals surface area contributed by atoms with Gasteiger partial charge in [0.25, 0.3) is 0 Å². The van der Waals surface area contributed by atoms with Gasteiger partial charge in [-0.2, -0.15) is 0 Å². The van der Waals surface area contributed by atoms with Crippen molar-refractivity contribution in [2.24, 2.45) is 0 Å². The van der Waals surface area contributed by atoms with E-state index in [4.69, 9.17) is 9.47 Å². The van der Waals surface area contributed by atoms with Crippen LogP contribution in [0.4, 0.5) is 0 Å². The van der Waals surface area contributed by atoms with Crippen LogP contribution in [0.3, 0.4) is 0 Å². The number of carbonyl (C=O) groups excluding carboxylic acids is 2. The number of aliphatic hydroxyl groups excluding tert-OH is 1. The number of ether oxygens (including phenoxy) is 2. The third-order valence-electron chi connectivity index (χ3n) is 7.56. The summed E-state index contributed by atoms with van der Waals surface area (Å²) >= 11 is 0. The van der Waals surface area contributed by atoms with E-state index in [1.54, 1.807) is 0 Å². The summed E-state index contributed by atoms with van der Waals surface area (Å²) in [6.45, 7) is 3.83. The van der Waals surface area contributed by atoms with E-state index in [0.717, 1.165) is 116 Å². The van der Waals surface area contributed by atoms with Crippen LogP contribution in [0, 0.1) is 0 Å². The molecule has 0 rings (SSSR count). The Kier molecular flexibility index (Phi) is 37.2. The van der Waals surface area contributed by atoms with E-state index >= 15 is 0 Å². The van der Waals surface area contributed by atoms with Crippen molar-refractivity contribution in [3.8, 4) is 0 Å². The van der Waals surface area contributed by atoms with E-state index in [1.165, 1.54) is 0 Å². The molecular weight excluding hydrogens is 620 g/mol. The molecule has 0 aliphatic carbocycles. The van der Waals surface area contributed by atoms with Crippen molar-refractivity contribution in [1.82, 2.24) is 0 Å². The fourth-order valence-electron chi connectivity index (χ4n) is 4.69. The molecular formula is C45H70O5. The fraction of sp³-hybridized carbons (Fsp3) is 0.556. The number of esters is 2. The lowest BCUT2D eigenvalue weighted by atomic mass is 10.1. The van der Waals surface area contributed by atoms with Crippen LogP contribution in [0.2, 0.25) is 0 Å². The maximum atomic E-state index is 12.2. The number of carbonyl (C=O) groups is 2. The third-order valence-corrected chi connectivity index (χ3v) is 7.56. The quantitative estimate of drug-likeness (QED) is 0.0421. The van der Waals surface area contributed by atoms with Crippen LogP contribution in [0.15, 0.2) is 109 Å². The average molecular weight is 691 g/mol. The van der Waals surface area contributed by atoms with Gasteiger partial charge in [0.2, 0.25) is 0 Å². The second-order valence-corrected chi connectivity index (χ2v) is 12.2. The summed E-state index contributed by atoms with van der Waals surface area (Å²) in [6, 6.07) is 0. The molecule has 50 heavy (non-hydrogen) atoms. The highest BCUT2D eigenvalue weighted by Crippen LogP contribution is 2.09. The van der Waals surface area contributed by atoms with Gasteiger partial charge in [-0.15, -0.1) is 0 Å². The summed E-state index contributed by atoms with van der Waals surface area (Å²) in [4.78, 5) is 24.3. The van der Waals surface area contributed by atoms with Crippen LogP contribution in [0.1, 0.15) is 142 Å². The molecule has 0 bridgehead atoms. The first-order valence-electron chi connectivity index (χ1n) is 19.4. The smallest absolute Gasteiger partial charge is 0.306 e. The van der Waals surface area contributed by atoms with E-state index in [2.05, 4.69) is 123 Å². The number of hydrogen-bond donors (Lipinski definition) is 1. The predicted molar refractivity (Wildman–Crippen MR) is 214 cm³/mol. The van der Waals surface area contributed by atoms with E-state index in [0.29, 0.717) is 12.8 Å². The molecule has 5 nitrogen and oxygen atoms in total. The number of aliphatic hydroxyl groups is 1. The highest BCUT2D eigenvalue weighted by atomic mass is 16.6. The summed E-state index contributed by atoms with van der Waals surface area (Å²) in [5.74, 6) is -0.670. The van der Waals surface area contributed by atoms with Gasteiger partial charge in [0.15, 0.2) is 6.10 Å². The molecule has 0 aromatic heterocycles. The Morgan fingerprint density at radius 3 is 1.20 bits per heavy atom. The van der Waals surface area contributed by atoms with Gasteiger partial charge >= 0.3 is 11.9 Å². The maximum absolute atomic E-state index is 12.2. The molecule has 0 fully saturated rings. The van der Waals surface area contributed by atoms with Crippen molar-refractivity contribution in [1.29, 1.82) is 0 Å². The highest BCUT2D eigenvalue weighted by Gasteiger charge is 2.16. The first-order chi connectivity index (χ1) is 24.6. The van der Waals surface area contributed by atoms with Crippen molar-refractivity contribution in [2.75, 3.05) is 13.2 Å². The van der Waals surface area contributed by atoms with Gasteiger partial charge in [-0.05, 0) is 96.3 Å². The lowest BCUT2D eigenvalue weighted by molar-refractivity contribution is -0.161. The molecule has 0 amide bonds. The zero-order valence-corrected chi connectivity index (χ0v) is 31.6. The minimum atomic E-state index is -0.807. The van der Waals surface area contributed by atoms with Crippen molar-refractivity contribution in [2.45, 2.75) is 148 Å². The molecule has 0 aliphatic rings. The van der Waals surface area contributed by atoms with Crippen molar-refractivity contribution >= 4 is 11.9 Å². The van der Waals surface area contributed by atoms with Crippen molar-refractivity contribution in [3.63, 3.8) is 0 Å². The zero-order valence-electron chi connectivity index (χ0n) is 31.6. The Morgan fingerprint density at radius 2 is 0.800 bits per heavy atom. The number of rotatable bonds is 33. The van der Waals surface area contributed by atoms with Crippen LogP contribution in [-0.2, 0) is 19.1 Å². The number of unbranched alkanes of at least 4 members (excludes halogenated alkanes) is 7. The van der Waals surface area contributed by atoms with Crippen LogP contribution in [-0.4, -0.2) is 36.4 Å². The Morgan fingerprint density at radius 1 is 0.460 bits per heavy atom. The molecule has 280 valence electrons. The van der Waals surface area contributed by atoms with Crippen LogP contribution in [0.5, 0.6) is 0 Å². The molecule has 0 heterocycles. The molecule has 0 aliphatic heterocycles. The average Bonchev–Trinajstić information content (AvgIpc) is 3.12.